The third-order valence-electron chi connectivity index (χ3n) is 4.17. The Labute approximate surface area is 197 Å². The highest BCUT2D eigenvalue weighted by molar-refractivity contribution is 6.55. The van der Waals surface area contributed by atoms with Gasteiger partial charge in [-0.25, -0.2) is 0 Å². The van der Waals surface area contributed by atoms with Gasteiger partial charge in [-0.1, -0.05) is 35.3 Å². The second-order valence-corrected chi connectivity index (χ2v) is 9.20. The highest BCUT2D eigenvalue weighted by atomic mass is 35.5. The molecule has 0 aliphatic carbocycles. The summed E-state index contributed by atoms with van der Waals surface area (Å²) in [5.41, 5.74) is 1.95. The topological polar surface area (TPSA) is 49.3 Å². The molecule has 1 aromatic carbocycles. The molecular weight excluding hydrogens is 437 g/mol. The Bertz CT molecular complexity index is 696. The van der Waals surface area contributed by atoms with Gasteiger partial charge >= 0.3 is 0 Å². The lowest BCUT2D eigenvalue weighted by molar-refractivity contribution is 0.00128. The first-order chi connectivity index (χ1) is 14.7. The van der Waals surface area contributed by atoms with Crippen molar-refractivity contribution in [2.45, 2.75) is 72.3 Å². The zero-order chi connectivity index (χ0) is 23.1. The lowest BCUT2D eigenvalue weighted by Gasteiger charge is -2.15. The summed E-state index contributed by atoms with van der Waals surface area (Å²) in [4.78, 5) is 5.28. The Morgan fingerprint density at radius 1 is 1.03 bits per heavy atom. The van der Waals surface area contributed by atoms with Crippen molar-refractivity contribution in [3.8, 4) is 11.5 Å². The summed E-state index contributed by atoms with van der Waals surface area (Å²) in [5.74, 6) is 1.74. The maximum absolute atomic E-state index is 6.07. The van der Waals surface area contributed by atoms with Gasteiger partial charge in [-0.3, -0.25) is 0 Å². The number of benzene rings is 1. The first-order valence-electron chi connectivity index (χ1n) is 10.9. The molecule has 0 saturated heterocycles. The van der Waals surface area contributed by atoms with Crippen LogP contribution in [0.3, 0.4) is 0 Å². The average Bonchev–Trinajstić information content (AvgIpc) is 2.68. The Hall–Kier alpha value is -1.43. The van der Waals surface area contributed by atoms with Gasteiger partial charge in [-0.15, -0.1) is 0 Å². The van der Waals surface area contributed by atoms with Gasteiger partial charge in [0.1, 0.15) is 28.2 Å². The largest absolute Gasteiger partial charge is 0.493 e. The van der Waals surface area contributed by atoms with Crippen LogP contribution in [-0.4, -0.2) is 38.2 Å². The molecule has 0 spiro atoms. The minimum absolute atomic E-state index is 0.206. The summed E-state index contributed by atoms with van der Waals surface area (Å²) >= 11 is 11.2. The summed E-state index contributed by atoms with van der Waals surface area (Å²) in [7, 11) is 0. The van der Waals surface area contributed by atoms with Gasteiger partial charge in [-0.05, 0) is 82.7 Å². The van der Waals surface area contributed by atoms with E-state index in [2.05, 4.69) is 12.1 Å². The number of unbranched alkanes of at least 4 members (excludes halogenated alkanes) is 2. The predicted molar refractivity (Wildman–Crippen MR) is 130 cm³/mol. The molecule has 0 aliphatic heterocycles. The van der Waals surface area contributed by atoms with Crippen LogP contribution in [0.1, 0.15) is 64.5 Å². The monoisotopic (exact) mass is 473 g/mol. The van der Waals surface area contributed by atoms with Gasteiger partial charge in [-0.2, -0.15) is 0 Å². The van der Waals surface area contributed by atoms with E-state index in [9.17, 15) is 0 Å². The van der Waals surface area contributed by atoms with Gasteiger partial charge in [0, 0.05) is 19.2 Å². The van der Waals surface area contributed by atoms with E-state index < -0.39 is 0 Å². The molecule has 0 atom stereocenters. The second-order valence-electron chi connectivity index (χ2n) is 8.19. The number of oxime groups is 1. The summed E-state index contributed by atoms with van der Waals surface area (Å²) in [6.07, 6.45) is 8.07. The standard InChI is InChI=1S/C24H37Cl2NO4/c1-6-20-18-21(29-16-11-22(25)26)17-19(2)23(20)30-15-9-7-8-13-28-14-10-12-27-31-24(3,4)5/h11-12,17-18H,6-10,13-16H2,1-5H3. The van der Waals surface area contributed by atoms with Crippen molar-refractivity contribution in [1.29, 1.82) is 0 Å². The number of aryl methyl sites for hydroxylation is 2. The molecule has 1 aromatic rings. The Kier molecular flexibility index (Phi) is 13.7. The zero-order valence-corrected chi connectivity index (χ0v) is 21.0. The van der Waals surface area contributed by atoms with Crippen molar-refractivity contribution in [1.82, 2.24) is 0 Å². The van der Waals surface area contributed by atoms with Crippen LogP contribution in [-0.2, 0) is 16.0 Å². The Morgan fingerprint density at radius 3 is 2.45 bits per heavy atom. The third kappa shape index (κ3) is 13.6. The van der Waals surface area contributed by atoms with Crippen LogP contribution < -0.4 is 9.47 Å². The van der Waals surface area contributed by atoms with Crippen LogP contribution in [0.5, 0.6) is 11.5 Å². The molecule has 0 radical (unpaired) electrons. The van der Waals surface area contributed by atoms with Gasteiger partial charge in [0.2, 0.25) is 0 Å². The number of nitrogens with zero attached hydrogens (tertiary/aromatic N) is 1. The summed E-state index contributed by atoms with van der Waals surface area (Å²) in [5, 5.41) is 3.94. The highest BCUT2D eigenvalue weighted by Gasteiger charge is 2.10. The maximum atomic E-state index is 6.07. The lowest BCUT2D eigenvalue weighted by atomic mass is 10.1. The summed E-state index contributed by atoms with van der Waals surface area (Å²) < 4.78 is 17.6. The van der Waals surface area contributed by atoms with E-state index in [4.69, 9.17) is 42.3 Å². The molecule has 0 unspecified atom stereocenters. The van der Waals surface area contributed by atoms with Crippen LogP contribution in [0.25, 0.3) is 0 Å². The Balaban J connectivity index is 2.23. The van der Waals surface area contributed by atoms with E-state index in [1.165, 1.54) is 0 Å². The third-order valence-corrected chi connectivity index (χ3v) is 4.47. The van der Waals surface area contributed by atoms with E-state index in [-0.39, 0.29) is 10.1 Å². The first-order valence-corrected chi connectivity index (χ1v) is 11.7. The molecule has 0 amide bonds. The normalized spacial score (nSPS) is 11.6. The molecule has 7 heteroatoms. The van der Waals surface area contributed by atoms with E-state index in [0.717, 1.165) is 61.3 Å². The van der Waals surface area contributed by atoms with Gasteiger partial charge < -0.3 is 19.0 Å². The molecule has 0 fully saturated rings. The van der Waals surface area contributed by atoms with Gasteiger partial charge in [0.15, 0.2) is 0 Å². The van der Waals surface area contributed by atoms with Crippen molar-refractivity contribution >= 4 is 29.4 Å². The minimum atomic E-state index is -0.248. The number of halogens is 2. The Morgan fingerprint density at radius 2 is 1.77 bits per heavy atom. The molecule has 0 N–H and O–H groups in total. The smallest absolute Gasteiger partial charge is 0.129 e. The maximum Gasteiger partial charge on any atom is 0.129 e. The van der Waals surface area contributed by atoms with Crippen LogP contribution >= 0.6 is 23.2 Å². The lowest BCUT2D eigenvalue weighted by Crippen LogP contribution is -2.15. The molecule has 0 saturated carbocycles. The SMILES string of the molecule is CCc1cc(OCC=C(Cl)Cl)cc(C)c1OCCCCCOCCC=NOC(C)(C)C. The van der Waals surface area contributed by atoms with Crippen LogP contribution in [0.2, 0.25) is 0 Å². The fourth-order valence-corrected chi connectivity index (χ4v) is 2.83. The number of hydrogen-bond donors (Lipinski definition) is 0. The first kappa shape index (κ1) is 27.6. The number of ether oxygens (including phenoxy) is 3. The fraction of sp³-hybridized carbons (Fsp3) is 0.625. The molecule has 176 valence electrons. The van der Waals surface area contributed by atoms with Crippen LogP contribution in [0.15, 0.2) is 27.9 Å². The molecule has 0 aromatic heterocycles. The van der Waals surface area contributed by atoms with E-state index in [1.54, 1.807) is 12.3 Å². The van der Waals surface area contributed by atoms with Crippen LogP contribution in [0.4, 0.5) is 0 Å². The van der Waals surface area contributed by atoms with Crippen molar-refractivity contribution in [2.24, 2.45) is 5.16 Å². The molecule has 0 bridgehead atoms. The quantitative estimate of drug-likeness (QED) is 0.156. The van der Waals surface area contributed by atoms with Crippen molar-refractivity contribution in [2.75, 3.05) is 26.4 Å². The predicted octanol–water partition coefficient (Wildman–Crippen LogP) is 7.01. The molecule has 31 heavy (non-hydrogen) atoms. The zero-order valence-electron chi connectivity index (χ0n) is 19.5. The molecule has 0 heterocycles. The molecule has 1 rings (SSSR count). The second kappa shape index (κ2) is 15.4. The average molecular weight is 474 g/mol. The molecule has 5 nitrogen and oxygen atoms in total. The van der Waals surface area contributed by atoms with Crippen molar-refractivity contribution in [3.05, 3.63) is 33.8 Å². The molecule has 0 aliphatic rings. The van der Waals surface area contributed by atoms with E-state index in [0.29, 0.717) is 19.8 Å². The van der Waals surface area contributed by atoms with Gasteiger partial charge in [0.25, 0.3) is 0 Å². The van der Waals surface area contributed by atoms with E-state index >= 15 is 0 Å². The van der Waals surface area contributed by atoms with Crippen molar-refractivity contribution in [3.63, 3.8) is 0 Å². The molecular formula is C24H37Cl2NO4. The van der Waals surface area contributed by atoms with Crippen molar-refractivity contribution < 1.29 is 19.0 Å². The fourth-order valence-electron chi connectivity index (χ4n) is 2.71. The number of hydrogen-bond acceptors (Lipinski definition) is 5. The highest BCUT2D eigenvalue weighted by Crippen LogP contribution is 2.30. The summed E-state index contributed by atoms with van der Waals surface area (Å²) in [6.45, 7) is 12.5. The van der Waals surface area contributed by atoms with Gasteiger partial charge in [0.05, 0.1) is 13.2 Å². The minimum Gasteiger partial charge on any atom is -0.493 e. The van der Waals surface area contributed by atoms with E-state index in [1.807, 2.05) is 39.8 Å². The summed E-state index contributed by atoms with van der Waals surface area (Å²) in [6, 6.07) is 4.00. The van der Waals surface area contributed by atoms with Crippen LogP contribution in [0, 0.1) is 6.92 Å². The number of rotatable bonds is 15.